The largest absolute Gasteiger partial charge is 0.475 e. The number of nitrogen functional groups attached to an aromatic ring is 1. The van der Waals surface area contributed by atoms with Crippen molar-refractivity contribution in [1.82, 2.24) is 9.97 Å². The van der Waals surface area contributed by atoms with E-state index in [1.54, 1.807) is 18.3 Å². The summed E-state index contributed by atoms with van der Waals surface area (Å²) in [6.45, 7) is 8.95. The van der Waals surface area contributed by atoms with Crippen molar-refractivity contribution in [3.63, 3.8) is 0 Å². The molecule has 0 unspecified atom stereocenters. The maximum Gasteiger partial charge on any atom is 0.214 e. The van der Waals surface area contributed by atoms with Crippen LogP contribution in [-0.4, -0.2) is 45.6 Å². The van der Waals surface area contributed by atoms with Crippen LogP contribution in [0.15, 0.2) is 30.6 Å². The van der Waals surface area contributed by atoms with Gasteiger partial charge in [0.2, 0.25) is 5.88 Å². The predicted octanol–water partition coefficient (Wildman–Crippen LogP) is 2.47. The molecule has 3 rings (SSSR count). The van der Waals surface area contributed by atoms with Crippen LogP contribution < -0.4 is 15.4 Å². The molecule has 0 saturated carbocycles. The predicted molar refractivity (Wildman–Crippen MR) is 107 cm³/mol. The fraction of sp³-hybridized carbons (Fsp3) is 0.450. The molecule has 0 aliphatic carbocycles. The molecule has 4 N–H and O–H groups in total. The number of hydrogen-bond acceptors (Lipinski definition) is 7. The second-order valence-electron chi connectivity index (χ2n) is 7.67. The summed E-state index contributed by atoms with van der Waals surface area (Å²) < 4.78 is 5.62. The van der Waals surface area contributed by atoms with Gasteiger partial charge in [-0.25, -0.2) is 9.97 Å². The van der Waals surface area contributed by atoms with Crippen LogP contribution in [0.4, 0.5) is 11.5 Å². The van der Waals surface area contributed by atoms with E-state index in [4.69, 9.17) is 15.9 Å². The number of nitrogens with two attached hydrogens (primary N) is 1. The average molecular weight is 369 g/mol. The molecule has 7 nitrogen and oxygen atoms in total. The molecule has 1 fully saturated rings. The molecule has 0 atom stereocenters. The zero-order valence-corrected chi connectivity index (χ0v) is 16.2. The summed E-state index contributed by atoms with van der Waals surface area (Å²) in [6.07, 6.45) is 3.18. The number of aliphatic hydroxyl groups is 1. The van der Waals surface area contributed by atoms with Gasteiger partial charge in [0.15, 0.2) is 0 Å². The summed E-state index contributed by atoms with van der Waals surface area (Å²) in [7, 11) is 0. The molecule has 2 aromatic rings. The molecule has 27 heavy (non-hydrogen) atoms. The van der Waals surface area contributed by atoms with E-state index in [0.29, 0.717) is 35.8 Å². The highest BCUT2D eigenvalue weighted by Crippen LogP contribution is 2.32. The van der Waals surface area contributed by atoms with E-state index >= 15 is 0 Å². The molecular weight excluding hydrogens is 342 g/mol. The van der Waals surface area contributed by atoms with Crippen molar-refractivity contribution in [3.05, 3.63) is 41.7 Å². The first-order valence-corrected chi connectivity index (χ1v) is 9.14. The van der Waals surface area contributed by atoms with Crippen LogP contribution in [0.1, 0.15) is 38.8 Å². The monoisotopic (exact) mass is 369 g/mol. The van der Waals surface area contributed by atoms with Gasteiger partial charge in [0, 0.05) is 23.4 Å². The maximum atomic E-state index is 10.5. The third-order valence-corrected chi connectivity index (χ3v) is 4.90. The third-order valence-electron chi connectivity index (χ3n) is 4.90. The fourth-order valence-corrected chi connectivity index (χ4v) is 3.01. The molecule has 3 heterocycles. The van der Waals surface area contributed by atoms with Crippen molar-refractivity contribution in [2.75, 3.05) is 23.7 Å². The van der Waals surface area contributed by atoms with Gasteiger partial charge in [-0.3, -0.25) is 5.41 Å². The summed E-state index contributed by atoms with van der Waals surface area (Å²) in [5, 5.41) is 19.1. The van der Waals surface area contributed by atoms with Crippen molar-refractivity contribution in [2.45, 2.75) is 39.4 Å². The Labute approximate surface area is 159 Å². The average Bonchev–Trinajstić information content (AvgIpc) is 2.59. The van der Waals surface area contributed by atoms with Gasteiger partial charge in [0.25, 0.3) is 0 Å². The van der Waals surface area contributed by atoms with Crippen molar-refractivity contribution < 1.29 is 9.84 Å². The number of hydrogen-bond donors (Lipinski definition) is 3. The number of nitrogens with zero attached hydrogens (tertiary/aromatic N) is 3. The van der Waals surface area contributed by atoms with E-state index < -0.39 is 5.60 Å². The third kappa shape index (κ3) is 3.88. The van der Waals surface area contributed by atoms with Gasteiger partial charge in [-0.05, 0) is 31.9 Å². The van der Waals surface area contributed by atoms with Gasteiger partial charge in [-0.15, -0.1) is 0 Å². The van der Waals surface area contributed by atoms with E-state index in [9.17, 15) is 5.11 Å². The Morgan fingerprint density at radius 1 is 1.26 bits per heavy atom. The van der Waals surface area contributed by atoms with Gasteiger partial charge in [0.05, 0.1) is 36.8 Å². The van der Waals surface area contributed by atoms with Crippen LogP contribution in [0.3, 0.4) is 0 Å². The summed E-state index contributed by atoms with van der Waals surface area (Å²) in [5.41, 5.74) is 7.35. The number of anilines is 2. The van der Waals surface area contributed by atoms with Crippen molar-refractivity contribution in [2.24, 2.45) is 5.92 Å². The van der Waals surface area contributed by atoms with Crippen LogP contribution in [0, 0.1) is 11.3 Å². The Balaban J connectivity index is 1.83. The number of rotatable bonds is 6. The Morgan fingerprint density at radius 3 is 2.59 bits per heavy atom. The molecule has 0 radical (unpaired) electrons. The van der Waals surface area contributed by atoms with Crippen LogP contribution in [-0.2, 0) is 0 Å². The first-order chi connectivity index (χ1) is 12.7. The standard InChI is InChI=1S/C20H27N5O2/c1-12(2)20(26)10-25(11-20)17-7-14(5-6-23-17)19(22)15-8-18(27-13(3)4)24-9-16(15)21/h5-9,12-13,22,26H,10-11,21H2,1-4H3. The molecule has 1 aliphatic heterocycles. The number of ether oxygens (including phenoxy) is 1. The van der Waals surface area contributed by atoms with E-state index in [2.05, 4.69) is 9.97 Å². The summed E-state index contributed by atoms with van der Waals surface area (Å²) in [5.74, 6) is 1.37. The highest BCUT2D eigenvalue weighted by Gasteiger charge is 2.44. The summed E-state index contributed by atoms with van der Waals surface area (Å²) in [6, 6.07) is 5.33. The highest BCUT2D eigenvalue weighted by atomic mass is 16.5. The molecule has 7 heteroatoms. The van der Waals surface area contributed by atoms with Crippen LogP contribution in [0.5, 0.6) is 5.88 Å². The van der Waals surface area contributed by atoms with E-state index in [1.165, 1.54) is 6.20 Å². The lowest BCUT2D eigenvalue weighted by Crippen LogP contribution is -2.65. The Morgan fingerprint density at radius 2 is 1.96 bits per heavy atom. The lowest BCUT2D eigenvalue weighted by atomic mass is 9.83. The van der Waals surface area contributed by atoms with E-state index in [0.717, 1.165) is 5.82 Å². The second kappa shape index (κ2) is 7.15. The Bertz CT molecular complexity index is 844. The van der Waals surface area contributed by atoms with Crippen LogP contribution in [0.25, 0.3) is 0 Å². The number of nitrogens with one attached hydrogen (secondary N) is 1. The molecule has 0 amide bonds. The van der Waals surface area contributed by atoms with Gasteiger partial charge in [-0.2, -0.15) is 0 Å². The topological polar surface area (TPSA) is 108 Å². The molecule has 0 bridgehead atoms. The SMILES string of the molecule is CC(C)Oc1cc(C(=N)c2ccnc(N3CC(O)(C(C)C)C3)c2)c(N)cn1. The molecule has 1 saturated heterocycles. The molecule has 0 aromatic carbocycles. The zero-order chi connectivity index (χ0) is 19.8. The highest BCUT2D eigenvalue weighted by molar-refractivity contribution is 6.14. The van der Waals surface area contributed by atoms with Gasteiger partial charge < -0.3 is 20.5 Å². The number of pyridine rings is 2. The summed E-state index contributed by atoms with van der Waals surface area (Å²) in [4.78, 5) is 10.6. The van der Waals surface area contributed by atoms with E-state index in [-0.39, 0.29) is 17.7 Å². The second-order valence-corrected chi connectivity index (χ2v) is 7.67. The molecular formula is C20H27N5O2. The molecule has 0 spiro atoms. The number of aromatic nitrogens is 2. The minimum absolute atomic E-state index is 0.0122. The molecule has 2 aromatic heterocycles. The minimum atomic E-state index is -0.677. The van der Waals surface area contributed by atoms with Gasteiger partial charge in [-0.1, -0.05) is 13.8 Å². The lowest BCUT2D eigenvalue weighted by Gasteiger charge is -2.49. The quantitative estimate of drug-likeness (QED) is 0.675. The minimum Gasteiger partial charge on any atom is -0.475 e. The summed E-state index contributed by atoms with van der Waals surface area (Å²) >= 11 is 0. The first kappa shape index (κ1) is 19.1. The van der Waals surface area contributed by atoms with Gasteiger partial charge in [0.1, 0.15) is 11.4 Å². The fourth-order valence-electron chi connectivity index (χ4n) is 3.01. The molecule has 1 aliphatic rings. The molecule has 144 valence electrons. The van der Waals surface area contributed by atoms with E-state index in [1.807, 2.05) is 38.7 Å². The number of β-amino-alcohol motifs (C(OH)–C–C–N with tert-alkyl or cyclic N) is 1. The zero-order valence-electron chi connectivity index (χ0n) is 16.2. The van der Waals surface area contributed by atoms with Crippen LogP contribution in [0.2, 0.25) is 0 Å². The first-order valence-electron chi connectivity index (χ1n) is 9.14. The maximum absolute atomic E-state index is 10.5. The van der Waals surface area contributed by atoms with Crippen molar-refractivity contribution in [1.29, 1.82) is 5.41 Å². The lowest BCUT2D eigenvalue weighted by molar-refractivity contribution is -0.0304. The Kier molecular flexibility index (Phi) is 5.06. The van der Waals surface area contributed by atoms with Crippen molar-refractivity contribution >= 4 is 17.2 Å². The van der Waals surface area contributed by atoms with Crippen molar-refractivity contribution in [3.8, 4) is 5.88 Å². The van der Waals surface area contributed by atoms with Crippen LogP contribution >= 0.6 is 0 Å². The van der Waals surface area contributed by atoms with Gasteiger partial charge >= 0.3 is 0 Å². The normalized spacial score (nSPS) is 15.7. The Hall–Kier alpha value is -2.67. The smallest absolute Gasteiger partial charge is 0.214 e.